The number of nitrogens with one attached hydrogen (secondary N) is 1. The van der Waals surface area contributed by atoms with Gasteiger partial charge in [-0.25, -0.2) is 0 Å². The molecule has 3 aliphatic carbocycles. The van der Waals surface area contributed by atoms with Crippen LogP contribution in [-0.4, -0.2) is 32.0 Å². The highest BCUT2D eigenvalue weighted by atomic mass is 19.4. The summed E-state index contributed by atoms with van der Waals surface area (Å²) in [6.45, 7) is -0.00470. The summed E-state index contributed by atoms with van der Waals surface area (Å²) in [4.78, 5) is 0. The van der Waals surface area contributed by atoms with Crippen molar-refractivity contribution in [3.8, 4) is 0 Å². The zero-order valence-corrected chi connectivity index (χ0v) is 10.4. The minimum Gasteiger partial charge on any atom is -0.371 e. The highest BCUT2D eigenvalue weighted by Crippen LogP contribution is 2.59. The Morgan fingerprint density at radius 1 is 1.17 bits per heavy atom. The van der Waals surface area contributed by atoms with E-state index in [2.05, 4.69) is 5.32 Å². The Morgan fingerprint density at radius 2 is 1.83 bits per heavy atom. The molecule has 2 atom stereocenters. The van der Waals surface area contributed by atoms with Gasteiger partial charge in [-0.2, -0.15) is 13.2 Å². The third kappa shape index (κ3) is 3.18. The van der Waals surface area contributed by atoms with Gasteiger partial charge in [-0.15, -0.1) is 0 Å². The van der Waals surface area contributed by atoms with Gasteiger partial charge in [-0.05, 0) is 43.9 Å². The molecule has 18 heavy (non-hydrogen) atoms. The number of rotatable bonds is 6. The van der Waals surface area contributed by atoms with Crippen LogP contribution in [-0.2, 0) is 4.74 Å². The summed E-state index contributed by atoms with van der Waals surface area (Å²) in [6.07, 6.45) is 1.61. The van der Waals surface area contributed by atoms with E-state index in [0.717, 1.165) is 31.2 Å². The second kappa shape index (κ2) is 4.37. The molecule has 0 amide bonds. The molecule has 104 valence electrons. The smallest absolute Gasteiger partial charge is 0.371 e. The Labute approximate surface area is 105 Å². The topological polar surface area (TPSA) is 21.3 Å². The molecular formula is C13H20F3NO. The van der Waals surface area contributed by atoms with Crippen LogP contribution in [0.3, 0.4) is 0 Å². The fraction of sp³-hybridized carbons (Fsp3) is 1.00. The maximum absolute atomic E-state index is 12.1. The lowest BCUT2D eigenvalue weighted by Crippen LogP contribution is -2.39. The number of halogens is 3. The van der Waals surface area contributed by atoms with Crippen molar-refractivity contribution in [1.29, 1.82) is 0 Å². The van der Waals surface area contributed by atoms with E-state index in [4.69, 9.17) is 4.74 Å². The molecule has 1 N–H and O–H groups in total. The molecule has 0 aliphatic heterocycles. The molecule has 3 aliphatic rings. The van der Waals surface area contributed by atoms with Gasteiger partial charge in [0.05, 0.1) is 6.61 Å². The van der Waals surface area contributed by atoms with E-state index < -0.39 is 12.8 Å². The average molecular weight is 263 g/mol. The molecule has 0 aromatic carbocycles. The molecule has 0 saturated heterocycles. The molecule has 3 saturated carbocycles. The van der Waals surface area contributed by atoms with Crippen molar-refractivity contribution in [2.75, 3.05) is 19.8 Å². The predicted octanol–water partition coefficient (Wildman–Crippen LogP) is 2.73. The standard InChI is InChI=1S/C13H20F3NO/c14-13(15,16)8-18-7-12(6-17-11-1-2-11)4-9-3-10(9)5-12/h9-11,17H,1-8H2. The zero-order chi connectivity index (χ0) is 12.8. The van der Waals surface area contributed by atoms with Gasteiger partial charge in [0.2, 0.25) is 0 Å². The van der Waals surface area contributed by atoms with Crippen LogP contribution < -0.4 is 5.32 Å². The molecule has 3 rings (SSSR count). The quantitative estimate of drug-likeness (QED) is 0.795. The van der Waals surface area contributed by atoms with Gasteiger partial charge >= 0.3 is 6.18 Å². The highest BCUT2D eigenvalue weighted by Gasteiger charge is 2.54. The van der Waals surface area contributed by atoms with Crippen molar-refractivity contribution in [2.24, 2.45) is 17.3 Å². The van der Waals surface area contributed by atoms with Gasteiger partial charge in [-0.3, -0.25) is 0 Å². The lowest BCUT2D eigenvalue weighted by molar-refractivity contribution is -0.181. The Morgan fingerprint density at radius 3 is 2.39 bits per heavy atom. The van der Waals surface area contributed by atoms with E-state index in [0.29, 0.717) is 6.04 Å². The van der Waals surface area contributed by atoms with Crippen LogP contribution in [0.1, 0.15) is 32.1 Å². The molecular weight excluding hydrogens is 243 g/mol. The summed E-state index contributed by atoms with van der Waals surface area (Å²) in [5.41, 5.74) is -0.0264. The highest BCUT2D eigenvalue weighted by molar-refractivity contribution is 5.04. The van der Waals surface area contributed by atoms with E-state index in [1.165, 1.54) is 19.3 Å². The van der Waals surface area contributed by atoms with Crippen LogP contribution in [0.2, 0.25) is 0 Å². The van der Waals surface area contributed by atoms with Crippen molar-refractivity contribution in [2.45, 2.75) is 44.3 Å². The second-order valence-corrected chi connectivity index (χ2v) is 6.43. The fourth-order valence-electron chi connectivity index (χ4n) is 3.35. The largest absolute Gasteiger partial charge is 0.411 e. The van der Waals surface area contributed by atoms with Crippen LogP contribution in [0.25, 0.3) is 0 Å². The van der Waals surface area contributed by atoms with E-state index in [9.17, 15) is 13.2 Å². The SMILES string of the molecule is FC(F)(F)COCC1(CNC2CC2)CC2CC2C1. The number of alkyl halides is 3. The van der Waals surface area contributed by atoms with E-state index in [1.54, 1.807) is 0 Å². The Balaban J connectivity index is 1.49. The van der Waals surface area contributed by atoms with E-state index in [-0.39, 0.29) is 12.0 Å². The van der Waals surface area contributed by atoms with Crippen LogP contribution in [0.5, 0.6) is 0 Å². The molecule has 0 radical (unpaired) electrons. The Kier molecular flexibility index (Phi) is 3.09. The predicted molar refractivity (Wildman–Crippen MR) is 61.2 cm³/mol. The monoisotopic (exact) mass is 263 g/mol. The Bertz CT molecular complexity index is 304. The fourth-order valence-corrected chi connectivity index (χ4v) is 3.35. The van der Waals surface area contributed by atoms with Crippen molar-refractivity contribution >= 4 is 0 Å². The lowest BCUT2D eigenvalue weighted by atomic mass is 9.83. The number of hydrogen-bond acceptors (Lipinski definition) is 2. The summed E-state index contributed by atoms with van der Waals surface area (Å²) in [5, 5.41) is 3.47. The third-order valence-electron chi connectivity index (χ3n) is 4.48. The van der Waals surface area contributed by atoms with Gasteiger partial charge in [0.15, 0.2) is 0 Å². The first-order valence-electron chi connectivity index (χ1n) is 6.84. The number of fused-ring (bicyclic) bond motifs is 1. The lowest BCUT2D eigenvalue weighted by Gasteiger charge is -2.31. The summed E-state index contributed by atoms with van der Waals surface area (Å²) in [7, 11) is 0. The summed E-state index contributed by atoms with van der Waals surface area (Å²) < 4.78 is 41.3. The molecule has 2 unspecified atom stereocenters. The molecule has 5 heteroatoms. The first kappa shape index (κ1) is 12.7. The minimum absolute atomic E-state index is 0.0264. The molecule has 0 spiro atoms. The minimum atomic E-state index is -4.20. The number of ether oxygens (including phenoxy) is 1. The maximum atomic E-state index is 12.1. The van der Waals surface area contributed by atoms with Crippen LogP contribution >= 0.6 is 0 Å². The van der Waals surface area contributed by atoms with Crippen LogP contribution in [0.4, 0.5) is 13.2 Å². The Hall–Kier alpha value is -0.290. The normalized spacial score (nSPS) is 38.8. The molecule has 0 heterocycles. The van der Waals surface area contributed by atoms with E-state index >= 15 is 0 Å². The summed E-state index contributed by atoms with van der Waals surface area (Å²) >= 11 is 0. The summed E-state index contributed by atoms with van der Waals surface area (Å²) in [5.74, 6) is 1.53. The zero-order valence-electron chi connectivity index (χ0n) is 10.4. The van der Waals surface area contributed by atoms with Gasteiger partial charge in [-0.1, -0.05) is 0 Å². The first-order chi connectivity index (χ1) is 8.46. The van der Waals surface area contributed by atoms with Crippen LogP contribution in [0.15, 0.2) is 0 Å². The number of hydrogen-bond donors (Lipinski definition) is 1. The average Bonchev–Trinajstić information content (AvgIpc) is 3.15. The molecule has 2 nitrogen and oxygen atoms in total. The third-order valence-corrected chi connectivity index (χ3v) is 4.48. The van der Waals surface area contributed by atoms with Crippen molar-refractivity contribution < 1.29 is 17.9 Å². The maximum Gasteiger partial charge on any atom is 0.411 e. The summed E-state index contributed by atoms with van der Waals surface area (Å²) in [6, 6.07) is 0.612. The molecule has 0 bridgehead atoms. The van der Waals surface area contributed by atoms with Gasteiger partial charge < -0.3 is 10.1 Å². The van der Waals surface area contributed by atoms with Crippen molar-refractivity contribution in [1.82, 2.24) is 5.32 Å². The van der Waals surface area contributed by atoms with Gasteiger partial charge in [0.1, 0.15) is 6.61 Å². The van der Waals surface area contributed by atoms with E-state index in [1.807, 2.05) is 0 Å². The van der Waals surface area contributed by atoms with Crippen LogP contribution in [0, 0.1) is 17.3 Å². The molecule has 3 fully saturated rings. The van der Waals surface area contributed by atoms with Gasteiger partial charge in [0, 0.05) is 18.0 Å². The molecule has 0 aromatic heterocycles. The van der Waals surface area contributed by atoms with Crippen molar-refractivity contribution in [3.05, 3.63) is 0 Å². The van der Waals surface area contributed by atoms with Crippen molar-refractivity contribution in [3.63, 3.8) is 0 Å². The molecule has 0 aromatic rings. The van der Waals surface area contributed by atoms with Gasteiger partial charge in [0.25, 0.3) is 0 Å². The second-order valence-electron chi connectivity index (χ2n) is 6.43. The first-order valence-corrected chi connectivity index (χ1v) is 6.84.